The number of carbonyl (C=O) groups is 2. The molecule has 3 rings (SSSR count). The van der Waals surface area contributed by atoms with Crippen molar-refractivity contribution >= 4 is 27.7 Å². The average molecular weight is 430 g/mol. The standard InChI is InChI=1S/C20H22N4O5S/c1-12-7-6-8-13(2)18(12)29-11-17(25)22-23-20(26)14(3)21-19-15-9-4-5-10-16(15)30(27,28)24-19/h4-10,14H,11H2,1-3H3,(H,21,24)(H,22,25)(H,23,26)/t14-/m0/s1. The summed E-state index contributed by atoms with van der Waals surface area (Å²) in [6, 6.07) is 11.0. The van der Waals surface area contributed by atoms with Crippen LogP contribution in [0.2, 0.25) is 0 Å². The van der Waals surface area contributed by atoms with Crippen molar-refractivity contribution in [1.29, 1.82) is 0 Å². The second-order valence-electron chi connectivity index (χ2n) is 6.80. The van der Waals surface area contributed by atoms with Gasteiger partial charge in [0, 0.05) is 5.56 Å². The Balaban J connectivity index is 1.56. The molecule has 3 N–H and O–H groups in total. The molecule has 9 nitrogen and oxygen atoms in total. The summed E-state index contributed by atoms with van der Waals surface area (Å²) in [6.07, 6.45) is 0. The third kappa shape index (κ3) is 4.60. The van der Waals surface area contributed by atoms with Crippen molar-refractivity contribution in [1.82, 2.24) is 15.6 Å². The summed E-state index contributed by atoms with van der Waals surface area (Å²) in [6.45, 7) is 4.95. The molecule has 10 heteroatoms. The summed E-state index contributed by atoms with van der Waals surface area (Å²) in [7, 11) is -3.69. The van der Waals surface area contributed by atoms with Crippen LogP contribution in [0, 0.1) is 13.8 Å². The van der Waals surface area contributed by atoms with Gasteiger partial charge in [-0.05, 0) is 44.0 Å². The maximum atomic E-state index is 12.2. The number of aliphatic imine (C=N–C) groups is 1. The maximum absolute atomic E-state index is 12.2. The van der Waals surface area contributed by atoms with Gasteiger partial charge in [-0.1, -0.05) is 30.3 Å². The molecule has 1 heterocycles. The number of hydrogen-bond acceptors (Lipinski definition) is 6. The molecule has 0 fully saturated rings. The molecular weight excluding hydrogens is 408 g/mol. The fourth-order valence-electron chi connectivity index (χ4n) is 2.92. The number of carbonyl (C=O) groups excluding carboxylic acids is 2. The summed E-state index contributed by atoms with van der Waals surface area (Å²) in [5, 5.41) is 0. The normalized spacial score (nSPS) is 16.3. The van der Waals surface area contributed by atoms with Crippen LogP contribution in [0.3, 0.4) is 0 Å². The van der Waals surface area contributed by atoms with Crippen LogP contribution in [0.25, 0.3) is 0 Å². The quantitative estimate of drug-likeness (QED) is 0.609. The molecule has 0 spiro atoms. The van der Waals surface area contributed by atoms with Crippen LogP contribution < -0.4 is 20.3 Å². The number of rotatable bonds is 5. The van der Waals surface area contributed by atoms with Crippen LogP contribution in [0.1, 0.15) is 23.6 Å². The zero-order valence-corrected chi connectivity index (χ0v) is 17.5. The van der Waals surface area contributed by atoms with E-state index in [9.17, 15) is 18.0 Å². The van der Waals surface area contributed by atoms with Crippen LogP contribution in [0.4, 0.5) is 0 Å². The zero-order valence-electron chi connectivity index (χ0n) is 16.7. The first-order valence-electron chi connectivity index (χ1n) is 9.17. The van der Waals surface area contributed by atoms with E-state index in [2.05, 4.69) is 20.6 Å². The summed E-state index contributed by atoms with van der Waals surface area (Å²) in [5.74, 6) is -0.451. The fourth-order valence-corrected chi connectivity index (χ4v) is 4.16. The molecule has 0 aromatic heterocycles. The molecule has 0 bridgehead atoms. The number of nitrogens with zero attached hydrogens (tertiary/aromatic N) is 1. The summed E-state index contributed by atoms with van der Waals surface area (Å²) < 4.78 is 32.1. The molecule has 1 atom stereocenters. The highest BCUT2D eigenvalue weighted by Gasteiger charge is 2.31. The molecule has 30 heavy (non-hydrogen) atoms. The Labute approximate surface area is 174 Å². The van der Waals surface area contributed by atoms with Gasteiger partial charge in [0.25, 0.3) is 21.8 Å². The van der Waals surface area contributed by atoms with E-state index in [1.54, 1.807) is 18.2 Å². The van der Waals surface area contributed by atoms with E-state index in [1.165, 1.54) is 13.0 Å². The topological polar surface area (TPSA) is 126 Å². The van der Waals surface area contributed by atoms with E-state index in [1.807, 2.05) is 32.0 Å². The number of ether oxygens (including phenoxy) is 1. The van der Waals surface area contributed by atoms with Crippen molar-refractivity contribution in [2.24, 2.45) is 4.99 Å². The largest absolute Gasteiger partial charge is 0.483 e. The highest BCUT2D eigenvalue weighted by Crippen LogP contribution is 2.23. The molecule has 0 unspecified atom stereocenters. The van der Waals surface area contributed by atoms with Gasteiger partial charge in [-0.2, -0.15) is 0 Å². The number of aryl methyl sites for hydroxylation is 2. The highest BCUT2D eigenvalue weighted by atomic mass is 32.2. The van der Waals surface area contributed by atoms with E-state index < -0.39 is 27.9 Å². The first-order valence-corrected chi connectivity index (χ1v) is 10.6. The molecule has 0 aliphatic carbocycles. The van der Waals surface area contributed by atoms with Crippen molar-refractivity contribution < 1.29 is 22.7 Å². The number of fused-ring (bicyclic) bond motifs is 1. The average Bonchev–Trinajstić information content (AvgIpc) is 2.96. The fraction of sp³-hybridized carbons (Fsp3) is 0.250. The Hall–Kier alpha value is -3.40. The lowest BCUT2D eigenvalue weighted by molar-refractivity contribution is -0.130. The molecule has 158 valence electrons. The lowest BCUT2D eigenvalue weighted by atomic mass is 10.1. The van der Waals surface area contributed by atoms with Gasteiger partial charge >= 0.3 is 0 Å². The van der Waals surface area contributed by atoms with Crippen molar-refractivity contribution in [2.45, 2.75) is 31.7 Å². The number of amidine groups is 1. The molecule has 2 aromatic rings. The molecule has 1 aliphatic rings. The van der Waals surface area contributed by atoms with Crippen molar-refractivity contribution in [2.75, 3.05) is 6.61 Å². The van der Waals surface area contributed by atoms with Crippen LogP contribution >= 0.6 is 0 Å². The van der Waals surface area contributed by atoms with Crippen LogP contribution in [-0.4, -0.2) is 38.7 Å². The third-order valence-corrected chi connectivity index (χ3v) is 5.84. The Kier molecular flexibility index (Phi) is 6.06. The van der Waals surface area contributed by atoms with E-state index in [0.29, 0.717) is 11.3 Å². The zero-order chi connectivity index (χ0) is 21.9. The molecule has 0 radical (unpaired) electrons. The lowest BCUT2D eigenvalue weighted by Gasteiger charge is -2.13. The minimum atomic E-state index is -3.69. The molecule has 1 aliphatic heterocycles. The van der Waals surface area contributed by atoms with Gasteiger partial charge < -0.3 is 4.74 Å². The first-order chi connectivity index (χ1) is 14.2. The van der Waals surface area contributed by atoms with Gasteiger partial charge in [-0.15, -0.1) is 0 Å². The van der Waals surface area contributed by atoms with Crippen molar-refractivity contribution in [3.63, 3.8) is 0 Å². The minimum Gasteiger partial charge on any atom is -0.483 e. The van der Waals surface area contributed by atoms with Crippen LogP contribution in [-0.2, 0) is 19.6 Å². The minimum absolute atomic E-state index is 0.0814. The Morgan fingerprint density at radius 3 is 2.43 bits per heavy atom. The summed E-state index contributed by atoms with van der Waals surface area (Å²) >= 11 is 0. The van der Waals surface area contributed by atoms with Crippen LogP contribution in [0.5, 0.6) is 5.75 Å². The molecular formula is C20H22N4O5S. The van der Waals surface area contributed by atoms with Gasteiger partial charge in [-0.3, -0.25) is 30.2 Å². The summed E-state index contributed by atoms with van der Waals surface area (Å²) in [4.78, 5) is 28.5. The van der Waals surface area contributed by atoms with E-state index in [-0.39, 0.29) is 17.3 Å². The Morgan fingerprint density at radius 2 is 1.73 bits per heavy atom. The predicted octanol–water partition coefficient (Wildman–Crippen LogP) is 0.957. The molecule has 0 saturated heterocycles. The maximum Gasteiger partial charge on any atom is 0.276 e. The second-order valence-corrected chi connectivity index (χ2v) is 8.45. The number of nitrogens with one attached hydrogen (secondary N) is 3. The number of hydrogen-bond donors (Lipinski definition) is 3. The van der Waals surface area contributed by atoms with Gasteiger partial charge in [0.05, 0.1) is 4.90 Å². The Bertz CT molecular complexity index is 1110. The van der Waals surface area contributed by atoms with Crippen molar-refractivity contribution in [3.05, 3.63) is 59.2 Å². The number of para-hydroxylation sites is 1. The second kappa shape index (κ2) is 8.54. The Morgan fingerprint density at radius 1 is 1.07 bits per heavy atom. The number of sulfonamides is 1. The van der Waals surface area contributed by atoms with E-state index in [4.69, 9.17) is 4.74 Å². The van der Waals surface area contributed by atoms with Gasteiger partial charge in [-0.25, -0.2) is 8.42 Å². The van der Waals surface area contributed by atoms with Gasteiger partial charge in [0.15, 0.2) is 6.61 Å². The first kappa shape index (κ1) is 21.3. The monoisotopic (exact) mass is 430 g/mol. The third-order valence-electron chi connectivity index (χ3n) is 4.45. The molecule has 0 saturated carbocycles. The summed E-state index contributed by atoms with van der Waals surface area (Å²) in [5.41, 5.74) is 6.71. The molecule has 2 aromatic carbocycles. The number of amides is 2. The molecule has 2 amide bonds. The smallest absolute Gasteiger partial charge is 0.276 e. The lowest BCUT2D eigenvalue weighted by Crippen LogP contribution is -2.47. The predicted molar refractivity (Wildman–Crippen MR) is 110 cm³/mol. The van der Waals surface area contributed by atoms with E-state index >= 15 is 0 Å². The van der Waals surface area contributed by atoms with E-state index in [0.717, 1.165) is 11.1 Å². The van der Waals surface area contributed by atoms with Crippen molar-refractivity contribution in [3.8, 4) is 5.75 Å². The highest BCUT2D eigenvalue weighted by molar-refractivity contribution is 7.90. The van der Waals surface area contributed by atoms with Gasteiger partial charge in [0.2, 0.25) is 0 Å². The van der Waals surface area contributed by atoms with Gasteiger partial charge in [0.1, 0.15) is 17.6 Å². The van der Waals surface area contributed by atoms with Crippen LogP contribution in [0.15, 0.2) is 52.4 Å². The number of hydrazine groups is 1. The SMILES string of the molecule is Cc1cccc(C)c1OCC(=O)NNC(=O)[C@H](C)N=C1NS(=O)(=O)c2ccccc21. The number of benzene rings is 2.